The van der Waals surface area contributed by atoms with E-state index in [1.807, 2.05) is 6.92 Å². The molecule has 82 valence electrons. The number of carboxylic acid groups (broad SMARTS) is 1. The molecule has 0 bridgehead atoms. The molecule has 1 aliphatic carbocycles. The monoisotopic (exact) mass is 200 g/mol. The fourth-order valence-corrected chi connectivity index (χ4v) is 2.70. The zero-order valence-corrected chi connectivity index (χ0v) is 9.21. The van der Waals surface area contributed by atoms with Crippen LogP contribution in [0.15, 0.2) is 0 Å². The van der Waals surface area contributed by atoms with Gasteiger partial charge >= 0.3 is 5.97 Å². The van der Waals surface area contributed by atoms with Crippen molar-refractivity contribution >= 4 is 5.97 Å². The van der Waals surface area contributed by atoms with Gasteiger partial charge in [0.2, 0.25) is 0 Å². The Kier molecular flexibility index (Phi) is 2.91. The third-order valence-corrected chi connectivity index (χ3v) is 3.92. The first kappa shape index (κ1) is 11.5. The molecule has 3 unspecified atom stereocenters. The summed E-state index contributed by atoms with van der Waals surface area (Å²) < 4.78 is 0. The third-order valence-electron chi connectivity index (χ3n) is 3.92. The Balaban J connectivity index is 2.95. The standard InChI is InChI=1S/C11H20O3/c1-4-10(2,9(12)13)8-6-5-7-11(8,3)14/h8,14H,4-7H2,1-3H3,(H,12,13). The lowest BCUT2D eigenvalue weighted by molar-refractivity contribution is -0.158. The van der Waals surface area contributed by atoms with Crippen molar-refractivity contribution in [3.05, 3.63) is 0 Å². The van der Waals surface area contributed by atoms with Crippen LogP contribution in [-0.2, 0) is 4.79 Å². The molecule has 0 aromatic carbocycles. The molecule has 1 saturated carbocycles. The van der Waals surface area contributed by atoms with Crippen molar-refractivity contribution < 1.29 is 15.0 Å². The number of hydrogen-bond donors (Lipinski definition) is 2. The maximum absolute atomic E-state index is 11.2. The highest BCUT2D eigenvalue weighted by molar-refractivity contribution is 5.74. The summed E-state index contributed by atoms with van der Waals surface area (Å²) in [5, 5.41) is 19.3. The first-order valence-electron chi connectivity index (χ1n) is 5.30. The van der Waals surface area contributed by atoms with Gasteiger partial charge in [-0.25, -0.2) is 0 Å². The van der Waals surface area contributed by atoms with Gasteiger partial charge < -0.3 is 10.2 Å². The normalized spacial score (nSPS) is 36.7. The van der Waals surface area contributed by atoms with E-state index in [0.29, 0.717) is 6.42 Å². The van der Waals surface area contributed by atoms with Crippen molar-refractivity contribution in [3.8, 4) is 0 Å². The van der Waals surface area contributed by atoms with E-state index in [-0.39, 0.29) is 5.92 Å². The van der Waals surface area contributed by atoms with Crippen molar-refractivity contribution in [2.24, 2.45) is 11.3 Å². The predicted molar refractivity (Wildman–Crippen MR) is 54.0 cm³/mol. The van der Waals surface area contributed by atoms with E-state index < -0.39 is 17.0 Å². The minimum atomic E-state index is -0.802. The largest absolute Gasteiger partial charge is 0.481 e. The van der Waals surface area contributed by atoms with Crippen molar-refractivity contribution in [2.75, 3.05) is 0 Å². The molecular formula is C11H20O3. The zero-order chi connectivity index (χ0) is 11.0. The van der Waals surface area contributed by atoms with Crippen LogP contribution < -0.4 is 0 Å². The highest BCUT2D eigenvalue weighted by atomic mass is 16.4. The second kappa shape index (κ2) is 3.54. The van der Waals surface area contributed by atoms with Gasteiger partial charge in [-0.15, -0.1) is 0 Å². The van der Waals surface area contributed by atoms with Crippen molar-refractivity contribution in [1.29, 1.82) is 0 Å². The highest BCUT2D eigenvalue weighted by Gasteiger charge is 2.51. The molecule has 0 spiro atoms. The minimum absolute atomic E-state index is 0.113. The lowest BCUT2D eigenvalue weighted by Crippen LogP contribution is -2.45. The van der Waals surface area contributed by atoms with Gasteiger partial charge in [-0.3, -0.25) is 4.79 Å². The second-order valence-electron chi connectivity index (χ2n) is 4.88. The van der Waals surface area contributed by atoms with Gasteiger partial charge in [0.25, 0.3) is 0 Å². The number of carbonyl (C=O) groups is 1. The van der Waals surface area contributed by atoms with Crippen molar-refractivity contribution in [3.63, 3.8) is 0 Å². The molecule has 0 radical (unpaired) electrons. The Morgan fingerprint density at radius 2 is 2.21 bits per heavy atom. The Bertz CT molecular complexity index is 235. The predicted octanol–water partition coefficient (Wildman–Crippen LogP) is 2.04. The zero-order valence-electron chi connectivity index (χ0n) is 9.21. The van der Waals surface area contributed by atoms with E-state index in [1.165, 1.54) is 0 Å². The van der Waals surface area contributed by atoms with E-state index >= 15 is 0 Å². The summed E-state index contributed by atoms with van der Waals surface area (Å²) >= 11 is 0. The highest BCUT2D eigenvalue weighted by Crippen LogP contribution is 2.47. The molecule has 3 heteroatoms. The van der Waals surface area contributed by atoms with Crippen LogP contribution in [0.3, 0.4) is 0 Å². The molecule has 1 aliphatic rings. The Morgan fingerprint density at radius 1 is 1.64 bits per heavy atom. The van der Waals surface area contributed by atoms with Gasteiger partial charge in [0, 0.05) is 5.92 Å². The average Bonchev–Trinajstić information content (AvgIpc) is 2.44. The maximum Gasteiger partial charge on any atom is 0.309 e. The van der Waals surface area contributed by atoms with Crippen LogP contribution in [0.5, 0.6) is 0 Å². The quantitative estimate of drug-likeness (QED) is 0.733. The topological polar surface area (TPSA) is 57.5 Å². The van der Waals surface area contributed by atoms with E-state index in [4.69, 9.17) is 0 Å². The number of rotatable bonds is 3. The van der Waals surface area contributed by atoms with Gasteiger partial charge in [0.15, 0.2) is 0 Å². The molecule has 2 N–H and O–H groups in total. The molecule has 0 aromatic heterocycles. The Labute approximate surface area is 85.1 Å². The van der Waals surface area contributed by atoms with Crippen LogP contribution >= 0.6 is 0 Å². The summed E-state index contributed by atoms with van der Waals surface area (Å²) in [4.78, 5) is 11.2. The first-order valence-corrected chi connectivity index (χ1v) is 5.30. The molecule has 0 amide bonds. The van der Waals surface area contributed by atoms with E-state index in [2.05, 4.69) is 0 Å². The summed E-state index contributed by atoms with van der Waals surface area (Å²) in [5.74, 6) is -0.898. The molecule has 1 fully saturated rings. The Morgan fingerprint density at radius 3 is 2.50 bits per heavy atom. The molecule has 3 atom stereocenters. The molecule has 1 rings (SSSR count). The maximum atomic E-state index is 11.2. The summed E-state index contributed by atoms with van der Waals surface area (Å²) in [5.41, 5.74) is -1.58. The molecule has 0 aliphatic heterocycles. The SMILES string of the molecule is CCC(C)(C(=O)O)C1CCCC1(C)O. The summed E-state index contributed by atoms with van der Waals surface area (Å²) in [6, 6.07) is 0. The van der Waals surface area contributed by atoms with Gasteiger partial charge in [-0.2, -0.15) is 0 Å². The summed E-state index contributed by atoms with van der Waals surface area (Å²) in [7, 11) is 0. The molecule has 0 saturated heterocycles. The molecule has 14 heavy (non-hydrogen) atoms. The Hall–Kier alpha value is -0.570. The lowest BCUT2D eigenvalue weighted by atomic mass is 9.69. The van der Waals surface area contributed by atoms with Gasteiger partial charge in [0.05, 0.1) is 11.0 Å². The van der Waals surface area contributed by atoms with Gasteiger partial charge in [-0.05, 0) is 33.1 Å². The van der Waals surface area contributed by atoms with Crippen LogP contribution in [-0.4, -0.2) is 21.8 Å². The molecule has 3 nitrogen and oxygen atoms in total. The molecular weight excluding hydrogens is 180 g/mol. The number of aliphatic hydroxyl groups is 1. The van der Waals surface area contributed by atoms with Crippen LogP contribution in [0.25, 0.3) is 0 Å². The molecule has 0 aromatic rings. The lowest BCUT2D eigenvalue weighted by Gasteiger charge is -2.37. The first-order chi connectivity index (χ1) is 6.34. The average molecular weight is 200 g/mol. The smallest absolute Gasteiger partial charge is 0.309 e. The van der Waals surface area contributed by atoms with Crippen LogP contribution in [0, 0.1) is 11.3 Å². The second-order valence-corrected chi connectivity index (χ2v) is 4.88. The van der Waals surface area contributed by atoms with E-state index in [9.17, 15) is 15.0 Å². The summed E-state index contributed by atoms with van der Waals surface area (Å²) in [6.45, 7) is 5.39. The number of hydrogen-bond acceptors (Lipinski definition) is 2. The van der Waals surface area contributed by atoms with Gasteiger partial charge in [0.1, 0.15) is 0 Å². The third kappa shape index (κ3) is 1.65. The van der Waals surface area contributed by atoms with Crippen LogP contribution in [0.2, 0.25) is 0 Å². The van der Waals surface area contributed by atoms with E-state index in [1.54, 1.807) is 13.8 Å². The minimum Gasteiger partial charge on any atom is -0.481 e. The fraction of sp³-hybridized carbons (Fsp3) is 0.909. The number of carboxylic acids is 1. The van der Waals surface area contributed by atoms with Crippen molar-refractivity contribution in [1.82, 2.24) is 0 Å². The summed E-state index contributed by atoms with van der Waals surface area (Å²) in [6.07, 6.45) is 3.05. The van der Waals surface area contributed by atoms with Crippen LogP contribution in [0.4, 0.5) is 0 Å². The fourth-order valence-electron chi connectivity index (χ4n) is 2.70. The van der Waals surface area contributed by atoms with Crippen LogP contribution in [0.1, 0.15) is 46.5 Å². The van der Waals surface area contributed by atoms with Crippen molar-refractivity contribution in [2.45, 2.75) is 52.1 Å². The van der Waals surface area contributed by atoms with Gasteiger partial charge in [-0.1, -0.05) is 13.3 Å². The number of aliphatic carboxylic acids is 1. The van der Waals surface area contributed by atoms with E-state index in [0.717, 1.165) is 19.3 Å². The molecule has 0 heterocycles.